The van der Waals surface area contributed by atoms with Gasteiger partial charge in [0.1, 0.15) is 11.5 Å². The van der Waals surface area contributed by atoms with Crippen LogP contribution >= 0.6 is 11.6 Å². The maximum absolute atomic E-state index is 12.7. The maximum Gasteiger partial charge on any atom is 0.260 e. The van der Waals surface area contributed by atoms with Crippen LogP contribution in [-0.4, -0.2) is 43.7 Å². The number of methoxy groups -OCH3 is 1. The van der Waals surface area contributed by atoms with Crippen LogP contribution < -0.4 is 14.8 Å². The molecule has 0 bridgehead atoms. The summed E-state index contributed by atoms with van der Waals surface area (Å²) in [6.07, 6.45) is 3.01. The van der Waals surface area contributed by atoms with Crippen molar-refractivity contribution < 1.29 is 14.3 Å². The van der Waals surface area contributed by atoms with Crippen LogP contribution in [0.1, 0.15) is 37.8 Å². The van der Waals surface area contributed by atoms with Crippen LogP contribution in [0.15, 0.2) is 48.5 Å². The SMILES string of the molecule is COc1ccc([C@H](CNC(=O)[C@H](C)Oc2ccccc2Cl)N2CCCCC2)cc1. The van der Waals surface area contributed by atoms with E-state index in [-0.39, 0.29) is 11.9 Å². The number of nitrogens with zero attached hydrogens (tertiary/aromatic N) is 1. The van der Waals surface area contributed by atoms with Crippen molar-refractivity contribution >= 4 is 17.5 Å². The van der Waals surface area contributed by atoms with Gasteiger partial charge in [0.2, 0.25) is 0 Å². The van der Waals surface area contributed by atoms with Crippen LogP contribution in [0, 0.1) is 0 Å². The summed E-state index contributed by atoms with van der Waals surface area (Å²) in [6.45, 7) is 4.35. The number of rotatable bonds is 8. The van der Waals surface area contributed by atoms with Gasteiger partial charge in [-0.3, -0.25) is 9.69 Å². The zero-order valence-electron chi connectivity index (χ0n) is 17.1. The molecule has 1 saturated heterocycles. The summed E-state index contributed by atoms with van der Waals surface area (Å²) in [4.78, 5) is 15.1. The minimum Gasteiger partial charge on any atom is -0.497 e. The minimum absolute atomic E-state index is 0.123. The highest BCUT2D eigenvalue weighted by molar-refractivity contribution is 6.32. The van der Waals surface area contributed by atoms with Crippen molar-refractivity contribution in [3.05, 3.63) is 59.1 Å². The Balaban J connectivity index is 1.65. The standard InChI is InChI=1S/C23H29ClN2O3/c1-17(29-22-9-5-4-8-20(22)24)23(27)25-16-21(26-14-6-3-7-15-26)18-10-12-19(28-2)13-11-18/h4-5,8-13,17,21H,3,6-7,14-16H2,1-2H3,(H,25,27)/t17-,21-/m0/s1. The highest BCUT2D eigenvalue weighted by Gasteiger charge is 2.24. The molecular formula is C23H29ClN2O3. The lowest BCUT2D eigenvalue weighted by Crippen LogP contribution is -2.43. The predicted molar refractivity (Wildman–Crippen MR) is 116 cm³/mol. The van der Waals surface area contributed by atoms with Gasteiger partial charge in [-0.1, -0.05) is 42.3 Å². The van der Waals surface area contributed by atoms with Crippen LogP contribution in [0.2, 0.25) is 5.02 Å². The Hall–Kier alpha value is -2.24. The molecular weight excluding hydrogens is 388 g/mol. The number of ether oxygens (including phenoxy) is 2. The minimum atomic E-state index is -0.632. The van der Waals surface area contributed by atoms with E-state index >= 15 is 0 Å². The number of para-hydroxylation sites is 1. The van der Waals surface area contributed by atoms with Gasteiger partial charge in [0.15, 0.2) is 6.10 Å². The van der Waals surface area contributed by atoms with Gasteiger partial charge in [-0.15, -0.1) is 0 Å². The van der Waals surface area contributed by atoms with E-state index in [9.17, 15) is 4.79 Å². The fourth-order valence-corrected chi connectivity index (χ4v) is 3.82. The van der Waals surface area contributed by atoms with E-state index in [1.807, 2.05) is 24.3 Å². The Morgan fingerprint density at radius 2 is 1.79 bits per heavy atom. The van der Waals surface area contributed by atoms with Gasteiger partial charge in [-0.25, -0.2) is 0 Å². The zero-order valence-corrected chi connectivity index (χ0v) is 17.8. The second-order valence-electron chi connectivity index (χ2n) is 7.32. The van der Waals surface area contributed by atoms with Crippen LogP contribution in [0.4, 0.5) is 0 Å². The van der Waals surface area contributed by atoms with Crippen molar-refractivity contribution in [1.29, 1.82) is 0 Å². The summed E-state index contributed by atoms with van der Waals surface area (Å²) in [5.74, 6) is 1.19. The molecule has 1 aliphatic rings. The van der Waals surface area contributed by atoms with E-state index in [4.69, 9.17) is 21.1 Å². The summed E-state index contributed by atoms with van der Waals surface area (Å²) >= 11 is 6.13. The molecule has 0 unspecified atom stereocenters. The smallest absolute Gasteiger partial charge is 0.260 e. The molecule has 1 aliphatic heterocycles. The van der Waals surface area contributed by atoms with E-state index in [2.05, 4.69) is 22.3 Å². The van der Waals surface area contributed by atoms with Crippen molar-refractivity contribution in [3.8, 4) is 11.5 Å². The van der Waals surface area contributed by atoms with E-state index in [1.165, 1.54) is 24.8 Å². The van der Waals surface area contributed by atoms with E-state index in [0.29, 0.717) is 17.3 Å². The molecule has 1 heterocycles. The largest absolute Gasteiger partial charge is 0.497 e. The fraction of sp³-hybridized carbons (Fsp3) is 0.435. The van der Waals surface area contributed by atoms with Crippen molar-refractivity contribution in [2.24, 2.45) is 0 Å². The number of hydrogen-bond donors (Lipinski definition) is 1. The first-order chi connectivity index (χ1) is 14.1. The van der Waals surface area contributed by atoms with Crippen LogP contribution in [0.25, 0.3) is 0 Å². The summed E-state index contributed by atoms with van der Waals surface area (Å²) in [5.41, 5.74) is 1.17. The highest BCUT2D eigenvalue weighted by Crippen LogP contribution is 2.27. The summed E-state index contributed by atoms with van der Waals surface area (Å²) in [5, 5.41) is 3.56. The normalized spacial score (nSPS) is 16.7. The summed E-state index contributed by atoms with van der Waals surface area (Å²) < 4.78 is 11.0. The molecule has 0 saturated carbocycles. The van der Waals surface area contributed by atoms with E-state index in [0.717, 1.165) is 18.8 Å². The number of amides is 1. The summed E-state index contributed by atoms with van der Waals surface area (Å²) in [6, 6.07) is 15.4. The van der Waals surface area contributed by atoms with Crippen LogP contribution in [0.3, 0.4) is 0 Å². The van der Waals surface area contributed by atoms with Gasteiger partial charge in [0, 0.05) is 6.54 Å². The number of likely N-dealkylation sites (tertiary alicyclic amines) is 1. The number of carbonyl (C=O) groups is 1. The lowest BCUT2D eigenvalue weighted by Gasteiger charge is -2.35. The van der Waals surface area contributed by atoms with Gasteiger partial charge in [0.05, 0.1) is 18.2 Å². The predicted octanol–water partition coefficient (Wildman–Crippen LogP) is 4.46. The van der Waals surface area contributed by atoms with Gasteiger partial charge in [-0.2, -0.15) is 0 Å². The van der Waals surface area contributed by atoms with Crippen molar-refractivity contribution in [2.45, 2.75) is 38.3 Å². The number of carbonyl (C=O) groups excluding carboxylic acids is 1. The Morgan fingerprint density at radius 1 is 1.10 bits per heavy atom. The molecule has 0 aliphatic carbocycles. The molecule has 0 radical (unpaired) electrons. The third kappa shape index (κ3) is 5.87. The lowest BCUT2D eigenvalue weighted by atomic mass is 10.0. The molecule has 29 heavy (non-hydrogen) atoms. The average Bonchev–Trinajstić information content (AvgIpc) is 2.76. The quantitative estimate of drug-likeness (QED) is 0.690. The second-order valence-corrected chi connectivity index (χ2v) is 7.73. The monoisotopic (exact) mass is 416 g/mol. The third-order valence-corrected chi connectivity index (χ3v) is 5.62. The van der Waals surface area contributed by atoms with Gasteiger partial charge >= 0.3 is 0 Å². The Labute approximate surface area is 177 Å². The van der Waals surface area contributed by atoms with Gasteiger partial charge < -0.3 is 14.8 Å². The summed E-state index contributed by atoms with van der Waals surface area (Å²) in [7, 11) is 1.66. The van der Waals surface area contributed by atoms with Crippen molar-refractivity contribution in [3.63, 3.8) is 0 Å². The van der Waals surface area contributed by atoms with Gasteiger partial charge in [-0.05, 0) is 62.7 Å². The molecule has 2 atom stereocenters. The van der Waals surface area contributed by atoms with E-state index in [1.54, 1.807) is 26.2 Å². The number of nitrogens with one attached hydrogen (secondary N) is 1. The number of hydrogen-bond acceptors (Lipinski definition) is 4. The fourth-order valence-electron chi connectivity index (χ4n) is 3.64. The molecule has 1 N–H and O–H groups in total. The molecule has 5 nitrogen and oxygen atoms in total. The lowest BCUT2D eigenvalue weighted by molar-refractivity contribution is -0.127. The molecule has 3 rings (SSSR count). The number of piperidine rings is 1. The highest BCUT2D eigenvalue weighted by atomic mass is 35.5. The van der Waals surface area contributed by atoms with Crippen molar-refractivity contribution in [1.82, 2.24) is 10.2 Å². The van der Waals surface area contributed by atoms with Crippen molar-refractivity contribution in [2.75, 3.05) is 26.7 Å². The molecule has 1 amide bonds. The van der Waals surface area contributed by atoms with Gasteiger partial charge in [0.25, 0.3) is 5.91 Å². The number of halogens is 1. The second kappa shape index (κ2) is 10.5. The molecule has 0 spiro atoms. The first-order valence-electron chi connectivity index (χ1n) is 10.2. The third-order valence-electron chi connectivity index (χ3n) is 5.31. The average molecular weight is 417 g/mol. The number of benzene rings is 2. The first kappa shape index (κ1) is 21.5. The molecule has 6 heteroatoms. The molecule has 0 aromatic heterocycles. The van der Waals surface area contributed by atoms with E-state index < -0.39 is 6.10 Å². The Morgan fingerprint density at radius 3 is 2.45 bits per heavy atom. The molecule has 2 aromatic carbocycles. The molecule has 156 valence electrons. The van der Waals surface area contributed by atoms with Crippen LogP contribution in [-0.2, 0) is 4.79 Å². The maximum atomic E-state index is 12.7. The molecule has 2 aromatic rings. The Kier molecular flexibility index (Phi) is 7.78. The molecule has 1 fully saturated rings. The topological polar surface area (TPSA) is 50.8 Å². The Bertz CT molecular complexity index is 791. The first-order valence-corrected chi connectivity index (χ1v) is 10.5. The zero-order chi connectivity index (χ0) is 20.6. The van der Waals surface area contributed by atoms with Crippen LogP contribution in [0.5, 0.6) is 11.5 Å².